The van der Waals surface area contributed by atoms with Crippen molar-refractivity contribution in [1.82, 2.24) is 0 Å². The van der Waals surface area contributed by atoms with Crippen molar-refractivity contribution in [3.63, 3.8) is 0 Å². The molecule has 0 spiro atoms. The van der Waals surface area contributed by atoms with Crippen LogP contribution in [0.2, 0.25) is 0 Å². The van der Waals surface area contributed by atoms with Crippen LogP contribution in [-0.4, -0.2) is 34.6 Å². The van der Waals surface area contributed by atoms with E-state index in [0.717, 1.165) is 25.7 Å². The average Bonchev–Trinajstić information content (AvgIpc) is 2.84. The number of ether oxygens (including phenoxy) is 2. The molecule has 3 heteroatoms. The van der Waals surface area contributed by atoms with Crippen LogP contribution in [0.3, 0.4) is 0 Å². The third-order valence-electron chi connectivity index (χ3n) is 4.97. The van der Waals surface area contributed by atoms with Crippen molar-refractivity contribution in [3.05, 3.63) is 0 Å². The maximum Gasteiger partial charge on any atom is 0.0920 e. The Morgan fingerprint density at radius 3 is 2.17 bits per heavy atom. The van der Waals surface area contributed by atoms with E-state index in [2.05, 4.69) is 20.8 Å². The molecule has 2 fully saturated rings. The highest BCUT2D eigenvalue weighted by molar-refractivity contribution is 5.00. The summed E-state index contributed by atoms with van der Waals surface area (Å²) in [6.07, 6.45) is 4.16. The fourth-order valence-electron chi connectivity index (χ4n) is 3.20. The maximum absolute atomic E-state index is 9.83. The van der Waals surface area contributed by atoms with Gasteiger partial charge in [0.2, 0.25) is 0 Å². The molecule has 3 nitrogen and oxygen atoms in total. The SMILES string of the molecule is CC(C)[C@H]1CC[C@](C)([C@@H]2CC[C@@](C)(C(C)O)O2)O1. The minimum absolute atomic E-state index is 0.126. The van der Waals surface area contributed by atoms with E-state index in [-0.39, 0.29) is 11.7 Å². The molecular weight excluding hydrogens is 228 g/mol. The highest BCUT2D eigenvalue weighted by Gasteiger charge is 2.51. The summed E-state index contributed by atoms with van der Waals surface area (Å²) in [5.74, 6) is 0.566. The van der Waals surface area contributed by atoms with E-state index in [1.54, 1.807) is 0 Å². The Morgan fingerprint density at radius 1 is 1.06 bits per heavy atom. The van der Waals surface area contributed by atoms with Crippen LogP contribution in [0.1, 0.15) is 60.3 Å². The zero-order valence-corrected chi connectivity index (χ0v) is 12.4. The van der Waals surface area contributed by atoms with Gasteiger partial charge in [-0.05, 0) is 52.4 Å². The molecule has 1 N–H and O–H groups in total. The van der Waals surface area contributed by atoms with Crippen molar-refractivity contribution in [2.24, 2.45) is 5.92 Å². The van der Waals surface area contributed by atoms with Crippen molar-refractivity contribution in [2.75, 3.05) is 0 Å². The van der Waals surface area contributed by atoms with Crippen LogP contribution in [0.4, 0.5) is 0 Å². The van der Waals surface area contributed by atoms with Gasteiger partial charge in [-0.1, -0.05) is 13.8 Å². The molecule has 2 saturated heterocycles. The Kier molecular flexibility index (Phi) is 3.79. The first-order valence-electron chi connectivity index (χ1n) is 7.30. The summed E-state index contributed by atoms with van der Waals surface area (Å²) in [6, 6.07) is 0. The van der Waals surface area contributed by atoms with Crippen molar-refractivity contribution in [2.45, 2.75) is 89.8 Å². The zero-order valence-electron chi connectivity index (χ0n) is 12.4. The third-order valence-corrected chi connectivity index (χ3v) is 4.97. The topological polar surface area (TPSA) is 38.7 Å². The smallest absolute Gasteiger partial charge is 0.0920 e. The van der Waals surface area contributed by atoms with Gasteiger partial charge in [0.25, 0.3) is 0 Å². The molecule has 2 heterocycles. The lowest BCUT2D eigenvalue weighted by molar-refractivity contribution is -0.172. The summed E-state index contributed by atoms with van der Waals surface area (Å²) in [5.41, 5.74) is -0.561. The van der Waals surface area contributed by atoms with Crippen molar-refractivity contribution in [1.29, 1.82) is 0 Å². The first-order valence-corrected chi connectivity index (χ1v) is 7.30. The van der Waals surface area contributed by atoms with Gasteiger partial charge in [-0.25, -0.2) is 0 Å². The first-order chi connectivity index (χ1) is 8.27. The summed E-state index contributed by atoms with van der Waals surface area (Å²) >= 11 is 0. The van der Waals surface area contributed by atoms with Gasteiger partial charge < -0.3 is 14.6 Å². The highest BCUT2D eigenvalue weighted by Crippen LogP contribution is 2.44. The second kappa shape index (κ2) is 4.77. The van der Waals surface area contributed by atoms with Crippen molar-refractivity contribution in [3.8, 4) is 0 Å². The molecule has 5 atom stereocenters. The fraction of sp³-hybridized carbons (Fsp3) is 1.00. The molecule has 2 aliphatic heterocycles. The fourth-order valence-corrected chi connectivity index (χ4v) is 3.20. The Hall–Kier alpha value is -0.120. The van der Waals surface area contributed by atoms with E-state index >= 15 is 0 Å². The molecule has 0 aromatic heterocycles. The normalized spacial score (nSPS) is 46.8. The quantitative estimate of drug-likeness (QED) is 0.844. The molecule has 0 amide bonds. The molecule has 0 aromatic carbocycles. The molecular formula is C15H28O3. The minimum atomic E-state index is -0.423. The first kappa shape index (κ1) is 14.3. The van der Waals surface area contributed by atoms with E-state index in [9.17, 15) is 5.11 Å². The largest absolute Gasteiger partial charge is 0.390 e. The molecule has 1 unspecified atom stereocenters. The van der Waals surface area contributed by atoms with Gasteiger partial charge >= 0.3 is 0 Å². The predicted molar refractivity (Wildman–Crippen MR) is 71.5 cm³/mol. The Labute approximate surface area is 111 Å². The lowest BCUT2D eigenvalue weighted by Crippen LogP contribution is -2.44. The Morgan fingerprint density at radius 2 is 1.72 bits per heavy atom. The van der Waals surface area contributed by atoms with Crippen LogP contribution < -0.4 is 0 Å². The minimum Gasteiger partial charge on any atom is -0.390 e. The van der Waals surface area contributed by atoms with E-state index in [1.807, 2.05) is 13.8 Å². The summed E-state index contributed by atoms with van der Waals surface area (Å²) in [7, 11) is 0. The summed E-state index contributed by atoms with van der Waals surface area (Å²) in [6.45, 7) is 10.4. The maximum atomic E-state index is 9.83. The lowest BCUT2D eigenvalue weighted by atomic mass is 9.91. The molecule has 18 heavy (non-hydrogen) atoms. The molecule has 0 aliphatic carbocycles. The number of rotatable bonds is 3. The molecule has 0 aromatic rings. The number of hydrogen-bond donors (Lipinski definition) is 1. The van der Waals surface area contributed by atoms with Gasteiger partial charge in [0.1, 0.15) is 0 Å². The van der Waals surface area contributed by atoms with Gasteiger partial charge in [0.15, 0.2) is 0 Å². The predicted octanol–water partition coefficient (Wildman–Crippen LogP) is 2.90. The molecule has 106 valence electrons. The molecule has 0 radical (unpaired) electrons. The number of aliphatic hydroxyl groups is 1. The Balaban J connectivity index is 2.02. The monoisotopic (exact) mass is 256 g/mol. The van der Waals surface area contributed by atoms with Gasteiger partial charge in [0.05, 0.1) is 29.5 Å². The Bertz CT molecular complexity index is 302. The second-order valence-corrected chi connectivity index (χ2v) is 6.89. The lowest BCUT2D eigenvalue weighted by Gasteiger charge is -2.35. The third kappa shape index (κ3) is 2.45. The standard InChI is InChI=1S/C15H28O3/c1-10(2)12-6-8-15(5,17-12)13-7-9-14(4,18-13)11(3)16/h10-13,16H,6-9H2,1-5H3/t11?,12-,13+,14+,15-/m1/s1. The van der Waals surface area contributed by atoms with Gasteiger partial charge in [-0.3, -0.25) is 0 Å². The molecule has 2 aliphatic rings. The van der Waals surface area contributed by atoms with Crippen molar-refractivity contribution < 1.29 is 14.6 Å². The van der Waals surface area contributed by atoms with E-state index in [1.165, 1.54) is 0 Å². The van der Waals surface area contributed by atoms with E-state index < -0.39 is 11.7 Å². The molecule has 0 bridgehead atoms. The summed E-state index contributed by atoms with van der Waals surface area (Å²) in [5, 5.41) is 9.83. The number of aliphatic hydroxyl groups excluding tert-OH is 1. The van der Waals surface area contributed by atoms with Gasteiger partial charge in [0, 0.05) is 0 Å². The van der Waals surface area contributed by atoms with Crippen LogP contribution in [0.25, 0.3) is 0 Å². The zero-order chi connectivity index (χ0) is 13.6. The van der Waals surface area contributed by atoms with Crippen LogP contribution in [-0.2, 0) is 9.47 Å². The average molecular weight is 256 g/mol. The van der Waals surface area contributed by atoms with Gasteiger partial charge in [-0.15, -0.1) is 0 Å². The summed E-state index contributed by atoms with van der Waals surface area (Å²) in [4.78, 5) is 0. The molecule has 2 rings (SSSR count). The van der Waals surface area contributed by atoms with E-state index in [4.69, 9.17) is 9.47 Å². The highest BCUT2D eigenvalue weighted by atomic mass is 16.6. The van der Waals surface area contributed by atoms with Crippen LogP contribution >= 0.6 is 0 Å². The van der Waals surface area contributed by atoms with Crippen LogP contribution in [0.5, 0.6) is 0 Å². The molecule has 0 saturated carbocycles. The van der Waals surface area contributed by atoms with Crippen LogP contribution in [0, 0.1) is 5.92 Å². The van der Waals surface area contributed by atoms with E-state index in [0.29, 0.717) is 12.0 Å². The number of hydrogen-bond acceptors (Lipinski definition) is 3. The van der Waals surface area contributed by atoms with Crippen molar-refractivity contribution >= 4 is 0 Å². The van der Waals surface area contributed by atoms with Crippen LogP contribution in [0.15, 0.2) is 0 Å². The van der Waals surface area contributed by atoms with Gasteiger partial charge in [-0.2, -0.15) is 0 Å². The summed E-state index contributed by atoms with van der Waals surface area (Å²) < 4.78 is 12.4. The second-order valence-electron chi connectivity index (χ2n) is 6.89.